The number of nitrogens with two attached hydrogens (primary N) is 1. The van der Waals surface area contributed by atoms with E-state index in [0.717, 1.165) is 12.1 Å². The van der Waals surface area contributed by atoms with Crippen molar-refractivity contribution >= 4 is 11.8 Å². The highest BCUT2D eigenvalue weighted by Gasteiger charge is 2.30. The highest BCUT2D eigenvalue weighted by molar-refractivity contribution is 5.97. The summed E-state index contributed by atoms with van der Waals surface area (Å²) in [6.45, 7) is -0.240. The van der Waals surface area contributed by atoms with Gasteiger partial charge in [0.25, 0.3) is 0 Å². The van der Waals surface area contributed by atoms with Crippen LogP contribution >= 0.6 is 0 Å². The van der Waals surface area contributed by atoms with E-state index in [0.29, 0.717) is 5.56 Å². The Labute approximate surface area is 167 Å². The van der Waals surface area contributed by atoms with Gasteiger partial charge in [-0.05, 0) is 48.5 Å². The van der Waals surface area contributed by atoms with Gasteiger partial charge in [0.05, 0.1) is 5.56 Å². The number of halogens is 4. The molecule has 2 aromatic carbocycles. The molecule has 0 saturated heterocycles. The monoisotopic (exact) mass is 422 g/mol. The van der Waals surface area contributed by atoms with E-state index >= 15 is 0 Å². The first-order chi connectivity index (χ1) is 14.2. The number of aromatic nitrogens is 2. The summed E-state index contributed by atoms with van der Waals surface area (Å²) in [5.74, 6) is -1.53. The third-order valence-electron chi connectivity index (χ3n) is 3.74. The number of ether oxygens (including phenoxy) is 1. The minimum absolute atomic E-state index is 0.0128. The van der Waals surface area contributed by atoms with Crippen LogP contribution in [0.15, 0.2) is 65.9 Å². The van der Waals surface area contributed by atoms with Crippen LogP contribution < -0.4 is 10.5 Å². The smallest absolute Gasteiger partial charge is 0.416 e. The summed E-state index contributed by atoms with van der Waals surface area (Å²) in [6.07, 6.45) is -3.12. The van der Waals surface area contributed by atoms with Gasteiger partial charge in [-0.3, -0.25) is 0 Å². The first-order valence-corrected chi connectivity index (χ1v) is 8.36. The Morgan fingerprint density at radius 2 is 1.87 bits per heavy atom. The largest absolute Gasteiger partial charge is 0.471 e. The molecule has 0 amide bonds. The molecular weight excluding hydrogens is 408 g/mol. The molecule has 7 nitrogen and oxygen atoms in total. The van der Waals surface area contributed by atoms with Crippen LogP contribution in [0, 0.1) is 5.82 Å². The zero-order valence-corrected chi connectivity index (χ0v) is 15.1. The summed E-state index contributed by atoms with van der Waals surface area (Å²) in [4.78, 5) is 16.7. The SMILES string of the molecule is N/C(=N\OC(=O)c1ccn(COc2cccc(C(F)(F)F)c2)n1)c1ccc(F)cc1. The molecule has 0 bridgehead atoms. The van der Waals surface area contributed by atoms with Crippen LogP contribution in [0.3, 0.4) is 0 Å². The number of hydrogen-bond acceptors (Lipinski definition) is 5. The number of amidine groups is 1. The highest BCUT2D eigenvalue weighted by Crippen LogP contribution is 2.31. The van der Waals surface area contributed by atoms with E-state index in [1.807, 2.05) is 0 Å². The average Bonchev–Trinajstić information content (AvgIpc) is 3.19. The lowest BCUT2D eigenvalue weighted by molar-refractivity contribution is -0.137. The van der Waals surface area contributed by atoms with Crippen LogP contribution in [0.4, 0.5) is 17.6 Å². The maximum absolute atomic E-state index is 12.9. The van der Waals surface area contributed by atoms with Crippen LogP contribution in [0.5, 0.6) is 5.75 Å². The number of oxime groups is 1. The lowest BCUT2D eigenvalue weighted by Crippen LogP contribution is -2.15. The quantitative estimate of drug-likeness (QED) is 0.216. The molecule has 2 N–H and O–H groups in total. The summed E-state index contributed by atoms with van der Waals surface area (Å²) >= 11 is 0. The molecule has 0 aliphatic carbocycles. The van der Waals surface area contributed by atoms with Crippen LogP contribution in [0.25, 0.3) is 0 Å². The predicted molar refractivity (Wildman–Crippen MR) is 96.8 cm³/mol. The fraction of sp³-hybridized carbons (Fsp3) is 0.105. The van der Waals surface area contributed by atoms with Gasteiger partial charge in [-0.25, -0.2) is 13.9 Å². The molecule has 0 atom stereocenters. The van der Waals surface area contributed by atoms with Gasteiger partial charge in [-0.1, -0.05) is 11.2 Å². The Morgan fingerprint density at radius 3 is 2.57 bits per heavy atom. The van der Waals surface area contributed by atoms with Gasteiger partial charge >= 0.3 is 12.1 Å². The predicted octanol–water partition coefficient (Wildman–Crippen LogP) is 3.55. The van der Waals surface area contributed by atoms with Crippen LogP contribution in [0.2, 0.25) is 0 Å². The zero-order valence-electron chi connectivity index (χ0n) is 15.1. The van der Waals surface area contributed by atoms with Crippen LogP contribution in [-0.4, -0.2) is 21.6 Å². The molecule has 0 spiro atoms. The molecule has 0 radical (unpaired) electrons. The zero-order chi connectivity index (χ0) is 21.7. The Balaban J connectivity index is 1.58. The van der Waals surface area contributed by atoms with Gasteiger partial charge < -0.3 is 15.3 Å². The first kappa shape index (κ1) is 20.8. The van der Waals surface area contributed by atoms with Crippen molar-refractivity contribution < 1.29 is 31.9 Å². The van der Waals surface area contributed by atoms with Crippen molar-refractivity contribution in [3.05, 3.63) is 83.4 Å². The number of carbonyl (C=O) groups excluding carboxylic acids is 1. The number of benzene rings is 2. The van der Waals surface area contributed by atoms with Gasteiger partial charge in [0.1, 0.15) is 11.6 Å². The van der Waals surface area contributed by atoms with Gasteiger partial charge in [0.15, 0.2) is 18.3 Å². The lowest BCUT2D eigenvalue weighted by atomic mass is 10.2. The van der Waals surface area contributed by atoms with Crippen LogP contribution in [0.1, 0.15) is 21.6 Å². The fourth-order valence-electron chi connectivity index (χ4n) is 2.26. The maximum atomic E-state index is 12.9. The molecule has 3 rings (SSSR count). The minimum Gasteiger partial charge on any atom is -0.471 e. The molecule has 156 valence electrons. The van der Waals surface area contributed by atoms with Crippen molar-refractivity contribution in [3.8, 4) is 5.75 Å². The molecule has 1 aromatic heterocycles. The number of carbonyl (C=O) groups is 1. The molecule has 0 fully saturated rings. The second-order valence-electron chi connectivity index (χ2n) is 5.90. The third-order valence-corrected chi connectivity index (χ3v) is 3.74. The third kappa shape index (κ3) is 5.34. The number of rotatable bonds is 6. The van der Waals surface area contributed by atoms with Gasteiger partial charge in [-0.2, -0.15) is 18.3 Å². The summed E-state index contributed by atoms with van der Waals surface area (Å²) < 4.78 is 57.5. The van der Waals surface area contributed by atoms with Crippen LogP contribution in [-0.2, 0) is 17.7 Å². The van der Waals surface area contributed by atoms with E-state index in [4.69, 9.17) is 15.3 Å². The van der Waals surface area contributed by atoms with E-state index in [9.17, 15) is 22.4 Å². The van der Waals surface area contributed by atoms with Crippen molar-refractivity contribution in [2.45, 2.75) is 12.9 Å². The Kier molecular flexibility index (Phi) is 6.00. The van der Waals surface area contributed by atoms with E-state index < -0.39 is 23.5 Å². The fourth-order valence-corrected chi connectivity index (χ4v) is 2.26. The molecule has 0 aliphatic rings. The second kappa shape index (κ2) is 8.64. The van der Waals surface area contributed by atoms with Crippen molar-refractivity contribution in [1.29, 1.82) is 0 Å². The van der Waals surface area contributed by atoms with Gasteiger partial charge in [0, 0.05) is 11.8 Å². The molecule has 0 unspecified atom stereocenters. The average molecular weight is 422 g/mol. The Bertz CT molecular complexity index is 1060. The maximum Gasteiger partial charge on any atom is 0.416 e. The Morgan fingerprint density at radius 1 is 1.13 bits per heavy atom. The number of alkyl halides is 3. The molecule has 0 saturated carbocycles. The second-order valence-corrected chi connectivity index (χ2v) is 5.90. The number of nitrogens with zero attached hydrogens (tertiary/aromatic N) is 3. The van der Waals surface area contributed by atoms with Crippen molar-refractivity contribution in [3.63, 3.8) is 0 Å². The van der Waals surface area contributed by atoms with Crippen molar-refractivity contribution in [2.24, 2.45) is 10.9 Å². The summed E-state index contributed by atoms with van der Waals surface area (Å²) in [5.41, 5.74) is 5.03. The summed E-state index contributed by atoms with van der Waals surface area (Å²) in [7, 11) is 0. The molecule has 30 heavy (non-hydrogen) atoms. The molecule has 3 aromatic rings. The van der Waals surface area contributed by atoms with Gasteiger partial charge in [-0.15, -0.1) is 0 Å². The van der Waals surface area contributed by atoms with Crippen molar-refractivity contribution in [1.82, 2.24) is 9.78 Å². The molecular formula is C19H14F4N4O3. The first-order valence-electron chi connectivity index (χ1n) is 8.36. The van der Waals surface area contributed by atoms with Gasteiger partial charge in [0.2, 0.25) is 0 Å². The topological polar surface area (TPSA) is 91.7 Å². The minimum atomic E-state index is -4.49. The summed E-state index contributed by atoms with van der Waals surface area (Å²) in [5, 5.41) is 7.37. The number of hydrogen-bond donors (Lipinski definition) is 1. The Hall–Kier alpha value is -3.89. The van der Waals surface area contributed by atoms with E-state index in [1.54, 1.807) is 0 Å². The summed E-state index contributed by atoms with van der Waals surface area (Å²) in [6, 6.07) is 10.7. The van der Waals surface area contributed by atoms with E-state index in [2.05, 4.69) is 10.3 Å². The molecule has 0 aliphatic heterocycles. The lowest BCUT2D eigenvalue weighted by Gasteiger charge is -2.10. The standard InChI is InChI=1S/C19H14F4N4O3/c20-14-6-4-12(5-7-14)17(24)26-30-18(28)16-8-9-27(25-16)11-29-15-3-1-2-13(10-15)19(21,22)23/h1-10H,11H2,(H2,24,26). The molecule has 1 heterocycles. The molecule has 11 heteroatoms. The van der Waals surface area contributed by atoms with E-state index in [-0.39, 0.29) is 24.0 Å². The van der Waals surface area contributed by atoms with E-state index in [1.165, 1.54) is 53.3 Å². The van der Waals surface area contributed by atoms with Crippen molar-refractivity contribution in [2.75, 3.05) is 0 Å². The highest BCUT2D eigenvalue weighted by atomic mass is 19.4. The normalized spacial score (nSPS) is 11.9.